The van der Waals surface area contributed by atoms with Gasteiger partial charge in [-0.3, -0.25) is 0 Å². The molecule has 0 amide bonds. The third-order valence-corrected chi connectivity index (χ3v) is 4.17. The molecule has 1 aromatic carbocycles. The lowest BCUT2D eigenvalue weighted by Crippen LogP contribution is -2.25. The van der Waals surface area contributed by atoms with E-state index in [1.54, 1.807) is 18.2 Å². The molecule has 1 fully saturated rings. The van der Waals surface area contributed by atoms with Crippen LogP contribution in [0.3, 0.4) is 0 Å². The van der Waals surface area contributed by atoms with Gasteiger partial charge in [-0.15, -0.1) is 0 Å². The SMILES string of the molecule is CCOc1ccc(S(=O)(=O)NC2CC2)cc1C. The predicted molar refractivity (Wildman–Crippen MR) is 65.7 cm³/mol. The third kappa shape index (κ3) is 2.98. The summed E-state index contributed by atoms with van der Waals surface area (Å²) in [6.07, 6.45) is 1.88. The number of benzene rings is 1. The number of ether oxygens (including phenoxy) is 1. The van der Waals surface area contributed by atoms with Crippen molar-refractivity contribution in [1.82, 2.24) is 4.72 Å². The lowest BCUT2D eigenvalue weighted by Gasteiger charge is -2.10. The van der Waals surface area contributed by atoms with Gasteiger partial charge in [0.15, 0.2) is 0 Å². The third-order valence-electron chi connectivity index (χ3n) is 2.66. The zero-order valence-corrected chi connectivity index (χ0v) is 10.9. The highest BCUT2D eigenvalue weighted by Crippen LogP contribution is 2.25. The number of aryl methyl sites for hydroxylation is 1. The minimum atomic E-state index is -3.36. The second-order valence-electron chi connectivity index (χ2n) is 4.26. The summed E-state index contributed by atoms with van der Waals surface area (Å²) in [5.74, 6) is 0.734. The molecule has 0 unspecified atom stereocenters. The van der Waals surface area contributed by atoms with Crippen LogP contribution in [0.25, 0.3) is 0 Å². The Kier molecular flexibility index (Phi) is 3.40. The maximum absolute atomic E-state index is 12.0. The fourth-order valence-electron chi connectivity index (χ4n) is 1.60. The maximum Gasteiger partial charge on any atom is 0.240 e. The van der Waals surface area contributed by atoms with Crippen molar-refractivity contribution in [1.29, 1.82) is 0 Å². The number of nitrogens with one attached hydrogen (secondary N) is 1. The van der Waals surface area contributed by atoms with E-state index in [1.807, 2.05) is 13.8 Å². The Balaban J connectivity index is 2.23. The summed E-state index contributed by atoms with van der Waals surface area (Å²) in [4.78, 5) is 0.311. The van der Waals surface area contributed by atoms with E-state index in [9.17, 15) is 8.42 Å². The van der Waals surface area contributed by atoms with E-state index in [2.05, 4.69) is 4.72 Å². The van der Waals surface area contributed by atoms with E-state index in [4.69, 9.17) is 4.74 Å². The van der Waals surface area contributed by atoms with Gasteiger partial charge >= 0.3 is 0 Å². The average Bonchev–Trinajstić information content (AvgIpc) is 3.04. The molecule has 5 heteroatoms. The van der Waals surface area contributed by atoms with Gasteiger partial charge in [0.1, 0.15) is 5.75 Å². The first-order chi connectivity index (χ1) is 8.03. The molecule has 1 saturated carbocycles. The molecular weight excluding hydrogens is 238 g/mol. The number of hydrogen-bond donors (Lipinski definition) is 1. The predicted octanol–water partition coefficient (Wildman–Crippen LogP) is 1.83. The quantitative estimate of drug-likeness (QED) is 0.873. The van der Waals surface area contributed by atoms with Gasteiger partial charge in [-0.1, -0.05) is 0 Å². The van der Waals surface area contributed by atoms with Gasteiger partial charge in [0, 0.05) is 6.04 Å². The Bertz CT molecular complexity index is 506. The molecule has 0 heterocycles. The van der Waals surface area contributed by atoms with Crippen molar-refractivity contribution >= 4 is 10.0 Å². The Hall–Kier alpha value is -1.07. The summed E-state index contributed by atoms with van der Waals surface area (Å²) in [5.41, 5.74) is 0.838. The van der Waals surface area contributed by atoms with Gasteiger partial charge in [0.25, 0.3) is 0 Å². The van der Waals surface area contributed by atoms with Crippen molar-refractivity contribution in [2.24, 2.45) is 0 Å². The van der Waals surface area contributed by atoms with Crippen molar-refractivity contribution in [3.8, 4) is 5.75 Å². The molecule has 0 spiro atoms. The lowest BCUT2D eigenvalue weighted by atomic mass is 10.2. The fourth-order valence-corrected chi connectivity index (χ4v) is 2.98. The molecule has 1 aliphatic carbocycles. The fraction of sp³-hybridized carbons (Fsp3) is 0.500. The van der Waals surface area contributed by atoms with Crippen molar-refractivity contribution in [2.45, 2.75) is 37.6 Å². The first kappa shape index (κ1) is 12.4. The van der Waals surface area contributed by atoms with Crippen molar-refractivity contribution in [3.63, 3.8) is 0 Å². The van der Waals surface area contributed by atoms with Gasteiger partial charge in [0.2, 0.25) is 10.0 Å². The van der Waals surface area contributed by atoms with Crippen LogP contribution in [-0.4, -0.2) is 21.1 Å². The Morgan fingerprint density at radius 2 is 2.12 bits per heavy atom. The van der Waals surface area contributed by atoms with Crippen LogP contribution < -0.4 is 9.46 Å². The van der Waals surface area contributed by atoms with Crippen LogP contribution in [0.15, 0.2) is 23.1 Å². The maximum atomic E-state index is 12.0. The van der Waals surface area contributed by atoms with E-state index in [-0.39, 0.29) is 6.04 Å². The minimum Gasteiger partial charge on any atom is -0.494 e. The van der Waals surface area contributed by atoms with E-state index in [1.165, 1.54) is 0 Å². The van der Waals surface area contributed by atoms with E-state index >= 15 is 0 Å². The molecular formula is C12H17NO3S. The Labute approximate surface area is 102 Å². The first-order valence-electron chi connectivity index (χ1n) is 5.78. The van der Waals surface area contributed by atoms with Crippen LogP contribution in [0.5, 0.6) is 5.75 Å². The van der Waals surface area contributed by atoms with Crippen LogP contribution >= 0.6 is 0 Å². The van der Waals surface area contributed by atoms with Crippen LogP contribution in [0.2, 0.25) is 0 Å². The molecule has 1 aliphatic rings. The van der Waals surface area contributed by atoms with Gasteiger partial charge in [-0.05, 0) is 50.5 Å². The Morgan fingerprint density at radius 3 is 2.65 bits per heavy atom. The number of rotatable bonds is 5. The van der Waals surface area contributed by atoms with Crippen molar-refractivity contribution < 1.29 is 13.2 Å². The molecule has 4 nitrogen and oxygen atoms in total. The lowest BCUT2D eigenvalue weighted by molar-refractivity contribution is 0.337. The van der Waals surface area contributed by atoms with Crippen LogP contribution in [0, 0.1) is 6.92 Å². The largest absolute Gasteiger partial charge is 0.494 e. The molecule has 0 atom stereocenters. The molecule has 0 aromatic heterocycles. The number of hydrogen-bond acceptors (Lipinski definition) is 3. The monoisotopic (exact) mass is 255 g/mol. The molecule has 94 valence electrons. The highest BCUT2D eigenvalue weighted by Gasteiger charge is 2.28. The number of sulfonamides is 1. The standard InChI is InChI=1S/C12H17NO3S/c1-3-16-12-7-6-11(8-9(12)2)17(14,15)13-10-4-5-10/h6-8,10,13H,3-5H2,1-2H3. The summed E-state index contributed by atoms with van der Waals surface area (Å²) in [7, 11) is -3.36. The second-order valence-corrected chi connectivity index (χ2v) is 5.97. The van der Waals surface area contributed by atoms with E-state index < -0.39 is 10.0 Å². The molecule has 1 N–H and O–H groups in total. The average molecular weight is 255 g/mol. The zero-order valence-electron chi connectivity index (χ0n) is 10.1. The van der Waals surface area contributed by atoms with Crippen LogP contribution in [-0.2, 0) is 10.0 Å². The van der Waals surface area contributed by atoms with E-state index in [0.29, 0.717) is 11.5 Å². The normalized spacial score (nSPS) is 15.9. The molecule has 2 rings (SSSR count). The van der Waals surface area contributed by atoms with Gasteiger partial charge in [-0.25, -0.2) is 13.1 Å². The van der Waals surface area contributed by atoms with Crippen LogP contribution in [0.4, 0.5) is 0 Å². The highest BCUT2D eigenvalue weighted by atomic mass is 32.2. The highest BCUT2D eigenvalue weighted by molar-refractivity contribution is 7.89. The molecule has 0 saturated heterocycles. The summed E-state index contributed by atoms with van der Waals surface area (Å²) in [6.45, 7) is 4.33. The zero-order chi connectivity index (χ0) is 12.5. The molecule has 0 bridgehead atoms. The molecule has 1 aromatic rings. The van der Waals surface area contributed by atoms with Crippen molar-refractivity contribution in [3.05, 3.63) is 23.8 Å². The van der Waals surface area contributed by atoms with Crippen LogP contribution in [0.1, 0.15) is 25.3 Å². The summed E-state index contributed by atoms with van der Waals surface area (Å²) in [6, 6.07) is 5.07. The van der Waals surface area contributed by atoms with Crippen molar-refractivity contribution in [2.75, 3.05) is 6.61 Å². The second kappa shape index (κ2) is 4.66. The first-order valence-corrected chi connectivity index (χ1v) is 7.27. The molecule has 17 heavy (non-hydrogen) atoms. The Morgan fingerprint density at radius 1 is 1.41 bits per heavy atom. The van der Waals surface area contributed by atoms with Gasteiger partial charge < -0.3 is 4.74 Å². The van der Waals surface area contributed by atoms with Gasteiger partial charge in [0.05, 0.1) is 11.5 Å². The summed E-state index contributed by atoms with van der Waals surface area (Å²) >= 11 is 0. The smallest absolute Gasteiger partial charge is 0.240 e. The topological polar surface area (TPSA) is 55.4 Å². The molecule has 0 radical (unpaired) electrons. The minimum absolute atomic E-state index is 0.131. The summed E-state index contributed by atoms with van der Waals surface area (Å²) in [5, 5.41) is 0. The van der Waals surface area contributed by atoms with Gasteiger partial charge in [-0.2, -0.15) is 0 Å². The summed E-state index contributed by atoms with van der Waals surface area (Å²) < 4.78 is 31.9. The van der Waals surface area contributed by atoms with E-state index in [0.717, 1.165) is 24.2 Å². The molecule has 0 aliphatic heterocycles.